The van der Waals surface area contributed by atoms with Gasteiger partial charge in [-0.1, -0.05) is 25.1 Å². The number of hydrogen-bond acceptors (Lipinski definition) is 7. The summed E-state index contributed by atoms with van der Waals surface area (Å²) >= 11 is 0. The standard InChI is InChI=1S/C32H42N4O6Si/c1-20-29(43(2,3)41)27(18-28(38)35-16-8-11-23(35)19-37)42-32(20)24-17-21(34-30(39)25-12-7-15-33-25)13-14-26(24)36(31(32)40)22-9-5-4-6-10-22/h4-6,9-10,13-14,17,20,23,25,27,29,33,37,41H,7-8,11-12,15-16,18-19H2,1-3H3,(H,34,39)/t20-,23+,25-,27+,29-,32+/m1/s1. The minimum absolute atomic E-state index is 0.0158. The lowest BCUT2D eigenvalue weighted by molar-refractivity contribution is -0.149. The van der Waals surface area contributed by atoms with E-state index in [2.05, 4.69) is 10.6 Å². The molecule has 6 atom stereocenters. The van der Waals surface area contributed by atoms with Crippen molar-refractivity contribution in [2.75, 3.05) is 29.9 Å². The quantitative estimate of drug-likeness (QED) is 0.356. The van der Waals surface area contributed by atoms with Gasteiger partial charge in [0.2, 0.25) is 11.8 Å². The third-order valence-corrected chi connectivity index (χ3v) is 12.3. The Bertz CT molecular complexity index is 1390. The lowest BCUT2D eigenvalue weighted by atomic mass is 9.82. The normalized spacial score (nSPS) is 30.3. The molecule has 230 valence electrons. The van der Waals surface area contributed by atoms with Crippen LogP contribution in [0.3, 0.4) is 0 Å². The maximum atomic E-state index is 14.7. The fourth-order valence-corrected chi connectivity index (χ4v) is 10.4. The Hall–Kier alpha value is -3.09. The smallest absolute Gasteiger partial charge is 0.268 e. The van der Waals surface area contributed by atoms with Gasteiger partial charge in [-0.3, -0.25) is 19.3 Å². The molecule has 0 bridgehead atoms. The average molecular weight is 607 g/mol. The van der Waals surface area contributed by atoms with Crippen molar-refractivity contribution in [3.63, 3.8) is 0 Å². The second-order valence-corrected chi connectivity index (χ2v) is 17.0. The molecule has 0 unspecified atom stereocenters. The van der Waals surface area contributed by atoms with E-state index in [1.54, 1.807) is 15.9 Å². The molecule has 3 fully saturated rings. The van der Waals surface area contributed by atoms with Crippen LogP contribution >= 0.6 is 0 Å². The van der Waals surface area contributed by atoms with Crippen molar-refractivity contribution in [2.45, 2.75) is 81.5 Å². The molecule has 0 radical (unpaired) electrons. The number of anilines is 3. The van der Waals surface area contributed by atoms with Crippen LogP contribution in [0.2, 0.25) is 18.6 Å². The number of aliphatic hydroxyl groups is 1. The van der Waals surface area contributed by atoms with E-state index in [9.17, 15) is 24.3 Å². The Kier molecular flexibility index (Phi) is 7.97. The van der Waals surface area contributed by atoms with E-state index >= 15 is 0 Å². The van der Waals surface area contributed by atoms with E-state index < -0.39 is 31.5 Å². The number of carbonyl (C=O) groups is 3. The molecule has 4 aliphatic heterocycles. The predicted molar refractivity (Wildman–Crippen MR) is 165 cm³/mol. The molecule has 2 aromatic rings. The van der Waals surface area contributed by atoms with Gasteiger partial charge in [0.15, 0.2) is 13.9 Å². The fraction of sp³-hybridized carbons (Fsp3) is 0.531. The molecule has 3 saturated heterocycles. The average Bonchev–Trinajstić information content (AvgIpc) is 3.76. The summed E-state index contributed by atoms with van der Waals surface area (Å²) in [5, 5.41) is 16.1. The van der Waals surface area contributed by atoms with Gasteiger partial charge in [0.05, 0.1) is 36.9 Å². The first-order chi connectivity index (χ1) is 20.6. The maximum absolute atomic E-state index is 14.7. The molecule has 3 amide bonds. The van der Waals surface area contributed by atoms with Crippen molar-refractivity contribution in [1.29, 1.82) is 0 Å². The minimum atomic E-state index is -2.98. The molecule has 6 rings (SSSR count). The van der Waals surface area contributed by atoms with Gasteiger partial charge in [-0.15, -0.1) is 0 Å². The minimum Gasteiger partial charge on any atom is -0.432 e. The van der Waals surface area contributed by atoms with Gasteiger partial charge in [-0.05, 0) is 75.7 Å². The van der Waals surface area contributed by atoms with E-state index in [1.165, 1.54) is 0 Å². The van der Waals surface area contributed by atoms with Crippen LogP contribution in [0.15, 0.2) is 48.5 Å². The summed E-state index contributed by atoms with van der Waals surface area (Å²) in [5.74, 6) is -0.975. The van der Waals surface area contributed by atoms with Gasteiger partial charge in [0.25, 0.3) is 5.91 Å². The lowest BCUT2D eigenvalue weighted by Crippen LogP contribution is -2.45. The summed E-state index contributed by atoms with van der Waals surface area (Å²) in [4.78, 5) is 56.3. The SMILES string of the molecule is C[C@@H]1[C@@H]([Si](C)(C)O)[C@H](CC(=O)N2CCC[C@H]2CO)O[C@@]12C(=O)N(c1ccccc1)c1ccc(NC(=O)[C@H]3CCCN3)cc12. The van der Waals surface area contributed by atoms with E-state index in [1.807, 2.05) is 62.5 Å². The summed E-state index contributed by atoms with van der Waals surface area (Å²) in [6.45, 7) is 6.89. The van der Waals surface area contributed by atoms with Crippen molar-refractivity contribution in [3.8, 4) is 0 Å². The summed E-state index contributed by atoms with van der Waals surface area (Å²) in [7, 11) is -2.98. The first-order valence-electron chi connectivity index (χ1n) is 15.4. The number of para-hydroxylation sites is 1. The van der Waals surface area contributed by atoms with Crippen LogP contribution in [-0.4, -0.2) is 78.7 Å². The second kappa shape index (κ2) is 11.4. The molecule has 0 aromatic heterocycles. The molecule has 4 N–H and O–H groups in total. The van der Waals surface area contributed by atoms with Crippen LogP contribution in [-0.2, 0) is 24.7 Å². The molecule has 10 nitrogen and oxygen atoms in total. The molecular formula is C32H42N4O6Si. The number of ether oxygens (including phenoxy) is 1. The summed E-state index contributed by atoms with van der Waals surface area (Å²) in [6.07, 6.45) is 2.61. The number of amides is 3. The lowest BCUT2D eigenvalue weighted by Gasteiger charge is -2.33. The Morgan fingerprint density at radius 2 is 1.91 bits per heavy atom. The van der Waals surface area contributed by atoms with E-state index in [4.69, 9.17) is 4.74 Å². The highest BCUT2D eigenvalue weighted by molar-refractivity contribution is 6.71. The van der Waals surface area contributed by atoms with Crippen LogP contribution in [0.25, 0.3) is 0 Å². The Morgan fingerprint density at radius 1 is 1.14 bits per heavy atom. The highest BCUT2D eigenvalue weighted by atomic mass is 28.4. The number of carbonyl (C=O) groups excluding carboxylic acids is 3. The summed E-state index contributed by atoms with van der Waals surface area (Å²) in [6, 6.07) is 14.4. The van der Waals surface area contributed by atoms with E-state index in [-0.39, 0.29) is 42.8 Å². The van der Waals surface area contributed by atoms with Crippen LogP contribution in [0, 0.1) is 5.92 Å². The first-order valence-corrected chi connectivity index (χ1v) is 18.5. The van der Waals surface area contributed by atoms with Gasteiger partial charge < -0.3 is 30.2 Å². The second-order valence-electron chi connectivity index (χ2n) is 13.0. The molecular weight excluding hydrogens is 564 g/mol. The number of nitrogens with zero attached hydrogens (tertiary/aromatic N) is 2. The van der Waals surface area contributed by atoms with Crippen molar-refractivity contribution in [2.24, 2.45) is 5.92 Å². The summed E-state index contributed by atoms with van der Waals surface area (Å²) in [5.41, 5.74) is 0.658. The zero-order valence-electron chi connectivity index (χ0n) is 25.1. The number of aliphatic hydroxyl groups excluding tert-OH is 1. The third-order valence-electron chi connectivity index (χ3n) is 9.83. The number of rotatable bonds is 7. The molecule has 4 aliphatic rings. The van der Waals surface area contributed by atoms with Crippen molar-refractivity contribution in [1.82, 2.24) is 10.2 Å². The number of benzene rings is 2. The highest BCUT2D eigenvalue weighted by Crippen LogP contribution is 2.61. The monoisotopic (exact) mass is 606 g/mol. The topological polar surface area (TPSA) is 131 Å². The highest BCUT2D eigenvalue weighted by Gasteiger charge is 2.67. The number of nitrogens with one attached hydrogen (secondary N) is 2. The molecule has 0 saturated carbocycles. The molecule has 2 aromatic carbocycles. The molecule has 43 heavy (non-hydrogen) atoms. The number of likely N-dealkylation sites (tertiary alicyclic amines) is 1. The van der Waals surface area contributed by atoms with Crippen LogP contribution < -0.4 is 15.5 Å². The van der Waals surface area contributed by atoms with Gasteiger partial charge >= 0.3 is 0 Å². The Labute approximate surface area is 253 Å². The molecule has 0 aliphatic carbocycles. The van der Waals surface area contributed by atoms with E-state index in [0.29, 0.717) is 29.2 Å². The Morgan fingerprint density at radius 3 is 2.58 bits per heavy atom. The van der Waals surface area contributed by atoms with Crippen LogP contribution in [0.4, 0.5) is 17.1 Å². The van der Waals surface area contributed by atoms with Crippen LogP contribution in [0.5, 0.6) is 0 Å². The van der Waals surface area contributed by atoms with Crippen molar-refractivity contribution < 1.29 is 29.0 Å². The molecule has 1 spiro atoms. The molecule has 4 heterocycles. The van der Waals surface area contributed by atoms with Crippen molar-refractivity contribution in [3.05, 3.63) is 54.1 Å². The third kappa shape index (κ3) is 5.10. The molecule has 11 heteroatoms. The van der Waals surface area contributed by atoms with Crippen molar-refractivity contribution >= 4 is 43.1 Å². The first kappa shape index (κ1) is 30.0. The Balaban J connectivity index is 1.41. The number of hydrogen-bond donors (Lipinski definition) is 4. The van der Waals surface area contributed by atoms with Crippen LogP contribution in [0.1, 0.15) is 44.6 Å². The zero-order chi connectivity index (χ0) is 30.5. The van der Waals surface area contributed by atoms with Gasteiger partial charge in [-0.2, -0.15) is 0 Å². The predicted octanol–water partition coefficient (Wildman–Crippen LogP) is 3.23. The number of fused-ring (bicyclic) bond motifs is 2. The summed E-state index contributed by atoms with van der Waals surface area (Å²) < 4.78 is 6.86. The van der Waals surface area contributed by atoms with Gasteiger partial charge in [0, 0.05) is 34.9 Å². The maximum Gasteiger partial charge on any atom is 0.268 e. The van der Waals surface area contributed by atoms with Gasteiger partial charge in [-0.25, -0.2) is 0 Å². The largest absolute Gasteiger partial charge is 0.432 e. The van der Waals surface area contributed by atoms with Gasteiger partial charge in [0.1, 0.15) is 0 Å². The zero-order valence-corrected chi connectivity index (χ0v) is 26.1. The van der Waals surface area contributed by atoms with E-state index in [0.717, 1.165) is 32.2 Å². The fourth-order valence-electron chi connectivity index (χ4n) is 7.89.